The molecule has 0 radical (unpaired) electrons. The second-order valence-electron chi connectivity index (χ2n) is 4.24. The van der Waals surface area contributed by atoms with Crippen LogP contribution >= 0.6 is 12.2 Å². The van der Waals surface area contributed by atoms with Crippen LogP contribution in [0.25, 0.3) is 11.2 Å². The molecule has 0 aliphatic rings. The molecule has 0 unspecified atom stereocenters. The Kier molecular flexibility index (Phi) is 3.62. The summed E-state index contributed by atoms with van der Waals surface area (Å²) >= 11 is 5.13. The van der Waals surface area contributed by atoms with Crippen LogP contribution in [0.15, 0.2) is 9.59 Å². The molecule has 0 bridgehead atoms. The number of nitrogens with one attached hydrogen (secondary N) is 2. The summed E-state index contributed by atoms with van der Waals surface area (Å²) < 4.78 is 7.67. The van der Waals surface area contributed by atoms with Crippen LogP contribution in [-0.4, -0.2) is 31.7 Å². The smallest absolute Gasteiger partial charge is 0.329 e. The highest BCUT2D eigenvalue weighted by Crippen LogP contribution is 2.15. The quantitative estimate of drug-likeness (QED) is 0.623. The monoisotopic (exact) mass is 298 g/mol. The first-order valence-electron chi connectivity index (χ1n) is 5.98. The highest BCUT2D eigenvalue weighted by Gasteiger charge is 2.22. The number of aromatic nitrogens is 4. The van der Waals surface area contributed by atoms with Crippen molar-refractivity contribution in [3.63, 3.8) is 0 Å². The molecule has 2 heterocycles. The number of fused-ring (bicyclic) bond motifs is 1. The van der Waals surface area contributed by atoms with Crippen molar-refractivity contribution in [1.29, 1.82) is 0 Å². The molecule has 0 fully saturated rings. The number of hydrogen-bond acceptors (Lipinski definition) is 5. The second-order valence-corrected chi connectivity index (χ2v) is 4.63. The predicted octanol–water partition coefficient (Wildman–Crippen LogP) is 0.210. The van der Waals surface area contributed by atoms with Gasteiger partial charge in [-0.05, 0) is 26.1 Å². The first kappa shape index (κ1) is 14.3. The number of aromatic amines is 2. The maximum atomic E-state index is 12.0. The largest absolute Gasteiger partial charge is 0.464 e. The zero-order chi connectivity index (χ0) is 15.0. The van der Waals surface area contributed by atoms with Gasteiger partial charge in [-0.2, -0.15) is 0 Å². The molecule has 108 valence electrons. The van der Waals surface area contributed by atoms with E-state index in [4.69, 9.17) is 17.0 Å². The van der Waals surface area contributed by atoms with Crippen LogP contribution < -0.4 is 11.2 Å². The van der Waals surface area contributed by atoms with Gasteiger partial charge in [0.1, 0.15) is 11.7 Å². The summed E-state index contributed by atoms with van der Waals surface area (Å²) in [6.07, 6.45) is 0. The fourth-order valence-electron chi connectivity index (χ4n) is 1.98. The van der Waals surface area contributed by atoms with E-state index in [2.05, 4.69) is 9.97 Å². The molecular formula is C11H14N4O4S. The number of ether oxygens (including phenoxy) is 1. The lowest BCUT2D eigenvalue weighted by atomic mass is 10.3. The van der Waals surface area contributed by atoms with Crippen molar-refractivity contribution >= 4 is 29.4 Å². The summed E-state index contributed by atoms with van der Waals surface area (Å²) in [5, 5.41) is 0. The van der Waals surface area contributed by atoms with Crippen LogP contribution in [-0.2, 0) is 16.6 Å². The lowest BCUT2D eigenvalue weighted by Crippen LogP contribution is -2.30. The van der Waals surface area contributed by atoms with Gasteiger partial charge in [-0.25, -0.2) is 9.59 Å². The summed E-state index contributed by atoms with van der Waals surface area (Å²) in [7, 11) is 1.49. The summed E-state index contributed by atoms with van der Waals surface area (Å²) in [5.41, 5.74) is -0.765. The third-order valence-corrected chi connectivity index (χ3v) is 3.30. The van der Waals surface area contributed by atoms with Crippen molar-refractivity contribution in [2.24, 2.45) is 7.05 Å². The van der Waals surface area contributed by atoms with Crippen molar-refractivity contribution < 1.29 is 9.53 Å². The summed E-state index contributed by atoms with van der Waals surface area (Å²) in [5.74, 6) is -0.502. The Morgan fingerprint density at radius 3 is 2.65 bits per heavy atom. The Labute approximate surface area is 118 Å². The Morgan fingerprint density at radius 1 is 1.40 bits per heavy atom. The van der Waals surface area contributed by atoms with Crippen LogP contribution in [0, 0.1) is 4.77 Å². The molecule has 2 aromatic rings. The van der Waals surface area contributed by atoms with E-state index in [9.17, 15) is 14.4 Å². The Balaban J connectivity index is 2.79. The lowest BCUT2D eigenvalue weighted by Gasteiger charge is -2.12. The molecule has 1 atom stereocenters. The van der Waals surface area contributed by atoms with Crippen molar-refractivity contribution in [2.75, 3.05) is 6.61 Å². The van der Waals surface area contributed by atoms with Gasteiger partial charge in [0.25, 0.3) is 5.56 Å². The Bertz CT molecular complexity index is 841. The molecule has 2 aromatic heterocycles. The average Bonchev–Trinajstić information content (AvgIpc) is 2.73. The van der Waals surface area contributed by atoms with Gasteiger partial charge in [0, 0.05) is 7.05 Å². The topological polar surface area (TPSA) is 102 Å². The standard InChI is InChI=1S/C11H14N4O4S/c1-4-19-9(17)5(2)15-6-7(12-11(15)20)14(3)10(18)13-8(6)16/h5H,4H2,1-3H3,(H,12,20)(H,13,16,18)/t5-/m0/s1. The molecule has 0 aliphatic heterocycles. The number of esters is 1. The molecule has 2 N–H and O–H groups in total. The van der Waals surface area contributed by atoms with E-state index in [0.717, 1.165) is 0 Å². The first-order chi connectivity index (χ1) is 9.38. The van der Waals surface area contributed by atoms with Gasteiger partial charge in [0.2, 0.25) is 0 Å². The van der Waals surface area contributed by atoms with Gasteiger partial charge in [-0.1, -0.05) is 0 Å². The van der Waals surface area contributed by atoms with E-state index in [0.29, 0.717) is 0 Å². The number of nitrogens with zero attached hydrogens (tertiary/aromatic N) is 2. The maximum absolute atomic E-state index is 12.0. The number of rotatable bonds is 3. The molecule has 0 aliphatic carbocycles. The van der Waals surface area contributed by atoms with Crippen molar-refractivity contribution in [3.05, 3.63) is 25.6 Å². The van der Waals surface area contributed by atoms with E-state index in [1.807, 2.05) is 0 Å². The van der Waals surface area contributed by atoms with Crippen molar-refractivity contribution in [1.82, 2.24) is 19.1 Å². The van der Waals surface area contributed by atoms with E-state index in [-0.39, 0.29) is 22.5 Å². The molecule has 0 saturated carbocycles. The highest BCUT2D eigenvalue weighted by molar-refractivity contribution is 7.71. The lowest BCUT2D eigenvalue weighted by molar-refractivity contribution is -0.146. The third-order valence-electron chi connectivity index (χ3n) is 3.00. The van der Waals surface area contributed by atoms with Gasteiger partial charge in [0.15, 0.2) is 10.3 Å². The molecule has 2 rings (SSSR count). The normalized spacial score (nSPS) is 12.6. The van der Waals surface area contributed by atoms with Crippen LogP contribution in [0.4, 0.5) is 0 Å². The Hall–Kier alpha value is -2.16. The molecule has 8 nitrogen and oxygen atoms in total. The summed E-state index contributed by atoms with van der Waals surface area (Å²) in [6, 6.07) is -0.769. The average molecular weight is 298 g/mol. The number of hydrogen-bond donors (Lipinski definition) is 2. The van der Waals surface area contributed by atoms with Crippen LogP contribution in [0.3, 0.4) is 0 Å². The molecule has 20 heavy (non-hydrogen) atoms. The Morgan fingerprint density at radius 2 is 2.05 bits per heavy atom. The van der Waals surface area contributed by atoms with Crippen LogP contribution in [0.1, 0.15) is 19.9 Å². The minimum Gasteiger partial charge on any atom is -0.464 e. The first-order valence-corrected chi connectivity index (χ1v) is 6.39. The van der Waals surface area contributed by atoms with E-state index < -0.39 is 23.3 Å². The summed E-state index contributed by atoms with van der Waals surface area (Å²) in [6.45, 7) is 3.49. The van der Waals surface area contributed by atoms with Gasteiger partial charge in [-0.3, -0.25) is 18.9 Å². The van der Waals surface area contributed by atoms with Crippen molar-refractivity contribution in [3.8, 4) is 0 Å². The molecule has 0 spiro atoms. The summed E-state index contributed by atoms with van der Waals surface area (Å²) in [4.78, 5) is 40.3. The number of imidazole rings is 1. The number of carbonyl (C=O) groups is 1. The molecule has 9 heteroatoms. The molecule has 0 saturated heterocycles. The zero-order valence-corrected chi connectivity index (χ0v) is 12.0. The van der Waals surface area contributed by atoms with E-state index in [1.165, 1.54) is 16.2 Å². The van der Waals surface area contributed by atoms with Crippen LogP contribution in [0.2, 0.25) is 0 Å². The second kappa shape index (κ2) is 5.08. The minimum absolute atomic E-state index is 0.137. The van der Waals surface area contributed by atoms with Crippen molar-refractivity contribution in [2.45, 2.75) is 19.9 Å². The minimum atomic E-state index is -0.769. The SMILES string of the molecule is CCOC(=O)[C@H](C)n1c(=S)[nH]c2c1c(=O)[nH]c(=O)n2C. The zero-order valence-electron chi connectivity index (χ0n) is 11.2. The number of carbonyl (C=O) groups excluding carboxylic acids is 1. The third kappa shape index (κ3) is 2.09. The fraction of sp³-hybridized carbons (Fsp3) is 0.455. The molecule has 0 amide bonds. The van der Waals surface area contributed by atoms with Gasteiger partial charge >= 0.3 is 11.7 Å². The maximum Gasteiger partial charge on any atom is 0.329 e. The molecule has 0 aromatic carbocycles. The van der Waals surface area contributed by atoms with E-state index in [1.54, 1.807) is 13.8 Å². The van der Waals surface area contributed by atoms with Gasteiger partial charge in [-0.15, -0.1) is 0 Å². The predicted molar refractivity (Wildman–Crippen MR) is 74.3 cm³/mol. The van der Waals surface area contributed by atoms with Gasteiger partial charge < -0.3 is 9.72 Å². The number of aryl methyl sites for hydroxylation is 1. The highest BCUT2D eigenvalue weighted by atomic mass is 32.1. The number of H-pyrrole nitrogens is 2. The van der Waals surface area contributed by atoms with Crippen LogP contribution in [0.5, 0.6) is 0 Å². The fourth-order valence-corrected chi connectivity index (χ4v) is 2.32. The van der Waals surface area contributed by atoms with E-state index >= 15 is 0 Å². The molecular weight excluding hydrogens is 284 g/mol. The van der Waals surface area contributed by atoms with Gasteiger partial charge in [0.05, 0.1) is 6.61 Å².